The van der Waals surface area contributed by atoms with Crippen molar-refractivity contribution in [1.29, 1.82) is 0 Å². The van der Waals surface area contributed by atoms with Crippen LogP contribution in [0.4, 0.5) is 4.39 Å². The molecule has 1 aromatic rings. The summed E-state index contributed by atoms with van der Waals surface area (Å²) in [5, 5.41) is 3.28. The van der Waals surface area contributed by atoms with Gasteiger partial charge in [0.25, 0.3) is 0 Å². The maximum atomic E-state index is 12.8. The first kappa shape index (κ1) is 16.3. The summed E-state index contributed by atoms with van der Waals surface area (Å²) in [6, 6.07) is 6.46. The smallest absolute Gasteiger partial charge is 0.240 e. The van der Waals surface area contributed by atoms with Crippen molar-refractivity contribution in [2.75, 3.05) is 46.0 Å². The van der Waals surface area contributed by atoms with E-state index in [0.29, 0.717) is 6.54 Å². The number of carbonyl (C=O) groups excluding carboxylic acids is 1. The normalized spacial score (nSPS) is 19.5. The second-order valence-electron chi connectivity index (χ2n) is 5.29. The van der Waals surface area contributed by atoms with Gasteiger partial charge in [0, 0.05) is 50.9 Å². The molecule has 6 heteroatoms. The van der Waals surface area contributed by atoms with Gasteiger partial charge in [0.05, 0.1) is 0 Å². The Morgan fingerprint density at radius 2 is 2.14 bits per heavy atom. The highest BCUT2D eigenvalue weighted by Crippen LogP contribution is 2.19. The lowest BCUT2D eigenvalue weighted by molar-refractivity contribution is -0.134. The van der Waals surface area contributed by atoms with E-state index in [1.165, 1.54) is 12.1 Å². The molecule has 0 saturated carbocycles. The molecule has 0 bridgehead atoms. The quantitative estimate of drug-likeness (QED) is 0.831. The zero-order valence-electron chi connectivity index (χ0n) is 12.5. The Morgan fingerprint density at radius 1 is 1.43 bits per heavy atom. The number of hydrogen-bond donors (Lipinski definition) is 1. The minimum Gasteiger partial charge on any atom is -0.347 e. The molecule has 1 aromatic carbocycles. The molecule has 0 spiro atoms. The Kier molecular flexibility index (Phi) is 6.02. The van der Waals surface area contributed by atoms with Gasteiger partial charge in [-0.05, 0) is 24.3 Å². The van der Waals surface area contributed by atoms with Crippen molar-refractivity contribution in [1.82, 2.24) is 15.1 Å². The molecule has 0 aromatic heterocycles. The number of amides is 1. The summed E-state index contributed by atoms with van der Waals surface area (Å²) in [6.07, 6.45) is 0. The summed E-state index contributed by atoms with van der Waals surface area (Å²) in [5.41, 5.74) is 0. The first-order chi connectivity index (χ1) is 10.1. The zero-order chi connectivity index (χ0) is 15.2. The van der Waals surface area contributed by atoms with Crippen molar-refractivity contribution in [2.24, 2.45) is 0 Å². The van der Waals surface area contributed by atoms with E-state index in [1.54, 1.807) is 42.9 Å². The van der Waals surface area contributed by atoms with Crippen molar-refractivity contribution < 1.29 is 9.18 Å². The van der Waals surface area contributed by atoms with Crippen LogP contribution in [0.1, 0.15) is 0 Å². The van der Waals surface area contributed by atoms with E-state index in [1.807, 2.05) is 0 Å². The fraction of sp³-hybridized carbons (Fsp3) is 0.533. The largest absolute Gasteiger partial charge is 0.347 e. The number of hydrogen-bond acceptors (Lipinski definition) is 4. The van der Waals surface area contributed by atoms with Crippen molar-refractivity contribution in [3.8, 4) is 0 Å². The van der Waals surface area contributed by atoms with Gasteiger partial charge in [-0.2, -0.15) is 0 Å². The van der Waals surface area contributed by atoms with Gasteiger partial charge in [-0.1, -0.05) is 0 Å². The fourth-order valence-corrected chi connectivity index (χ4v) is 3.26. The molecule has 2 rings (SSSR count). The first-order valence-corrected chi connectivity index (χ1v) is 8.11. The van der Waals surface area contributed by atoms with Crippen LogP contribution in [0.25, 0.3) is 0 Å². The van der Waals surface area contributed by atoms with E-state index < -0.39 is 0 Å². The van der Waals surface area contributed by atoms with E-state index in [0.717, 1.165) is 30.3 Å². The molecule has 1 aliphatic heterocycles. The summed E-state index contributed by atoms with van der Waals surface area (Å²) >= 11 is 1.69. The van der Waals surface area contributed by atoms with E-state index in [4.69, 9.17) is 0 Å². The molecule has 0 aliphatic carbocycles. The van der Waals surface area contributed by atoms with Crippen molar-refractivity contribution in [2.45, 2.75) is 10.9 Å². The zero-order valence-corrected chi connectivity index (χ0v) is 13.3. The Hall–Kier alpha value is -1.11. The Balaban J connectivity index is 1.85. The van der Waals surface area contributed by atoms with Gasteiger partial charge in [-0.3, -0.25) is 9.69 Å². The molecule has 1 aliphatic rings. The van der Waals surface area contributed by atoms with Crippen molar-refractivity contribution in [3.05, 3.63) is 30.1 Å². The third-order valence-electron chi connectivity index (χ3n) is 3.54. The summed E-state index contributed by atoms with van der Waals surface area (Å²) < 4.78 is 12.8. The summed E-state index contributed by atoms with van der Waals surface area (Å²) in [6.45, 7) is 3.36. The number of rotatable bonds is 5. The second kappa shape index (κ2) is 7.77. The number of nitrogens with one attached hydrogen (secondary N) is 1. The van der Waals surface area contributed by atoms with Crippen molar-refractivity contribution >= 4 is 17.7 Å². The number of thioether (sulfide) groups is 1. The van der Waals surface area contributed by atoms with Gasteiger partial charge < -0.3 is 10.2 Å². The van der Waals surface area contributed by atoms with Gasteiger partial charge in [0.1, 0.15) is 11.9 Å². The van der Waals surface area contributed by atoms with Gasteiger partial charge in [-0.15, -0.1) is 11.8 Å². The topological polar surface area (TPSA) is 35.6 Å². The highest BCUT2D eigenvalue weighted by molar-refractivity contribution is 7.99. The lowest BCUT2D eigenvalue weighted by Crippen LogP contribution is -2.57. The Morgan fingerprint density at radius 3 is 2.81 bits per heavy atom. The minimum atomic E-state index is -0.210. The van der Waals surface area contributed by atoms with Crippen LogP contribution >= 0.6 is 11.8 Å². The van der Waals surface area contributed by atoms with Crippen LogP contribution in [0.5, 0.6) is 0 Å². The van der Waals surface area contributed by atoms with Crippen LogP contribution in [-0.2, 0) is 4.79 Å². The Labute approximate surface area is 129 Å². The molecule has 0 radical (unpaired) electrons. The number of benzene rings is 1. The molecular formula is C15H22FN3OS. The summed E-state index contributed by atoms with van der Waals surface area (Å²) in [7, 11) is 3.59. The summed E-state index contributed by atoms with van der Waals surface area (Å²) in [4.78, 5) is 17.1. The number of likely N-dealkylation sites (N-methyl/N-ethyl adjacent to an activating group) is 1. The van der Waals surface area contributed by atoms with Crippen LogP contribution in [0.2, 0.25) is 0 Å². The van der Waals surface area contributed by atoms with Crippen LogP contribution in [0, 0.1) is 5.82 Å². The lowest BCUT2D eigenvalue weighted by atomic mass is 10.1. The number of nitrogens with zero attached hydrogens (tertiary/aromatic N) is 2. The molecule has 1 unspecified atom stereocenters. The van der Waals surface area contributed by atoms with E-state index in [9.17, 15) is 9.18 Å². The fourth-order valence-electron chi connectivity index (χ4n) is 2.37. The average Bonchev–Trinajstić information content (AvgIpc) is 2.49. The molecule has 1 amide bonds. The molecular weight excluding hydrogens is 289 g/mol. The highest BCUT2D eigenvalue weighted by atomic mass is 32.2. The molecule has 1 atom stereocenters. The number of piperazine rings is 1. The first-order valence-electron chi connectivity index (χ1n) is 7.12. The van der Waals surface area contributed by atoms with Gasteiger partial charge in [-0.25, -0.2) is 4.39 Å². The predicted molar refractivity (Wildman–Crippen MR) is 84.0 cm³/mol. The molecule has 1 N–H and O–H groups in total. The lowest BCUT2D eigenvalue weighted by Gasteiger charge is -2.36. The highest BCUT2D eigenvalue weighted by Gasteiger charge is 2.29. The molecule has 21 heavy (non-hydrogen) atoms. The average molecular weight is 311 g/mol. The van der Waals surface area contributed by atoms with Gasteiger partial charge in [0.15, 0.2) is 0 Å². The van der Waals surface area contributed by atoms with Crippen LogP contribution < -0.4 is 5.32 Å². The predicted octanol–water partition coefficient (Wildman–Crippen LogP) is 1.28. The monoisotopic (exact) mass is 311 g/mol. The van der Waals surface area contributed by atoms with Gasteiger partial charge >= 0.3 is 0 Å². The summed E-state index contributed by atoms with van der Waals surface area (Å²) in [5.74, 6) is 0.829. The minimum absolute atomic E-state index is 0.0810. The SMILES string of the molecule is CN(C)C(=O)C1CNCCN1CCSc1ccc(F)cc1. The third kappa shape index (κ3) is 4.69. The van der Waals surface area contributed by atoms with Gasteiger partial charge in [0.2, 0.25) is 5.91 Å². The maximum absolute atomic E-state index is 12.8. The molecule has 1 saturated heterocycles. The number of halogens is 1. The van der Waals surface area contributed by atoms with E-state index >= 15 is 0 Å². The van der Waals surface area contributed by atoms with Crippen LogP contribution in [0.15, 0.2) is 29.2 Å². The van der Waals surface area contributed by atoms with Crippen LogP contribution in [0.3, 0.4) is 0 Å². The van der Waals surface area contributed by atoms with Crippen LogP contribution in [-0.4, -0.2) is 67.8 Å². The molecule has 4 nitrogen and oxygen atoms in total. The Bertz CT molecular complexity index is 466. The van der Waals surface area contributed by atoms with E-state index in [-0.39, 0.29) is 17.8 Å². The van der Waals surface area contributed by atoms with Crippen molar-refractivity contribution in [3.63, 3.8) is 0 Å². The molecule has 116 valence electrons. The number of carbonyl (C=O) groups is 1. The standard InChI is InChI=1S/C15H22FN3OS/c1-18(2)15(20)14-11-17-7-8-19(14)9-10-21-13-5-3-12(16)4-6-13/h3-6,14,17H,7-11H2,1-2H3. The van der Waals surface area contributed by atoms with E-state index in [2.05, 4.69) is 10.2 Å². The molecule has 1 heterocycles. The molecule has 1 fully saturated rings. The third-order valence-corrected chi connectivity index (χ3v) is 4.53. The second-order valence-corrected chi connectivity index (χ2v) is 6.46. The maximum Gasteiger partial charge on any atom is 0.240 e.